The summed E-state index contributed by atoms with van der Waals surface area (Å²) in [4.78, 5) is 10.3. The summed E-state index contributed by atoms with van der Waals surface area (Å²) in [5.41, 5.74) is 0.529. The lowest BCUT2D eigenvalue weighted by Crippen LogP contribution is -2.55. The van der Waals surface area contributed by atoms with E-state index in [4.69, 9.17) is 14.2 Å². The van der Waals surface area contributed by atoms with Crippen LogP contribution in [0.25, 0.3) is 0 Å². The molecule has 0 unspecified atom stereocenters. The minimum Gasteiger partial charge on any atom is -0.494 e. The second-order valence-electron chi connectivity index (χ2n) is 8.21. The van der Waals surface area contributed by atoms with Crippen LogP contribution in [0.4, 0.5) is 0 Å². The second kappa shape index (κ2) is 13.7. The van der Waals surface area contributed by atoms with Crippen molar-refractivity contribution in [2.75, 3.05) is 19.8 Å². The molecule has 7 nitrogen and oxygen atoms in total. The Morgan fingerprint density at radius 1 is 1.27 bits per heavy atom. The number of nitrogens with zero attached hydrogens (tertiary/aromatic N) is 1. The van der Waals surface area contributed by atoms with Crippen LogP contribution in [0.1, 0.15) is 76.5 Å². The summed E-state index contributed by atoms with van der Waals surface area (Å²) in [6.45, 7) is 6.88. The van der Waals surface area contributed by atoms with Gasteiger partial charge in [0, 0.05) is 17.8 Å². The monoisotopic (exact) mass is 456 g/mol. The Morgan fingerprint density at radius 3 is 2.61 bits per heavy atom. The Morgan fingerprint density at radius 2 is 2.00 bits per heavy atom. The van der Waals surface area contributed by atoms with Gasteiger partial charge in [-0.15, -0.1) is 0 Å². The van der Waals surface area contributed by atoms with E-state index in [0.717, 1.165) is 44.1 Å². The maximum Gasteiger partial charge on any atom is 0.137 e. The zero-order valence-electron chi connectivity index (χ0n) is 19.9. The van der Waals surface area contributed by atoms with E-state index < -0.39 is 17.7 Å². The van der Waals surface area contributed by atoms with E-state index in [2.05, 4.69) is 25.2 Å². The third-order valence-electron chi connectivity index (χ3n) is 5.83. The van der Waals surface area contributed by atoms with E-state index >= 15 is 0 Å². The fourth-order valence-electron chi connectivity index (χ4n) is 4.11. The van der Waals surface area contributed by atoms with Crippen molar-refractivity contribution < 1.29 is 24.1 Å². The van der Waals surface area contributed by atoms with Gasteiger partial charge in [-0.1, -0.05) is 26.7 Å². The number of carbonyl (C=O) groups excluding carboxylic acids is 1. The van der Waals surface area contributed by atoms with Crippen molar-refractivity contribution in [2.24, 2.45) is 0 Å². The predicted octanol–water partition coefficient (Wildman–Crippen LogP) is 4.34. The van der Waals surface area contributed by atoms with Crippen molar-refractivity contribution in [1.82, 2.24) is 5.32 Å². The predicted molar refractivity (Wildman–Crippen MR) is 126 cm³/mol. The summed E-state index contributed by atoms with van der Waals surface area (Å²) in [6, 6.07) is 7.01. The lowest BCUT2D eigenvalue weighted by molar-refractivity contribution is -0.0975. The molecule has 2 rings (SSSR count). The summed E-state index contributed by atoms with van der Waals surface area (Å²) in [6.07, 6.45) is 7.50. The normalized spacial score (nSPS) is 18.9. The van der Waals surface area contributed by atoms with E-state index in [1.165, 1.54) is 6.08 Å². The Bertz CT molecular complexity index is 862. The van der Waals surface area contributed by atoms with Crippen molar-refractivity contribution >= 4 is 5.94 Å². The number of nitriles is 1. The van der Waals surface area contributed by atoms with Gasteiger partial charge < -0.3 is 24.6 Å². The van der Waals surface area contributed by atoms with Crippen molar-refractivity contribution in [1.29, 1.82) is 5.26 Å². The fraction of sp³-hybridized carbons (Fsp3) is 0.577. The smallest absolute Gasteiger partial charge is 0.137 e. The molecule has 180 valence electrons. The van der Waals surface area contributed by atoms with E-state index in [0.29, 0.717) is 23.7 Å². The Balaban J connectivity index is 2.41. The molecule has 1 heterocycles. The molecule has 1 aliphatic rings. The molecular weight excluding hydrogens is 420 g/mol. The Labute approximate surface area is 197 Å². The third-order valence-corrected chi connectivity index (χ3v) is 5.83. The number of ether oxygens (including phenoxy) is 3. The molecule has 0 aromatic heterocycles. The van der Waals surface area contributed by atoms with Gasteiger partial charge in [0.25, 0.3) is 0 Å². The molecule has 1 aromatic rings. The highest BCUT2D eigenvalue weighted by molar-refractivity contribution is 5.47. The second-order valence-corrected chi connectivity index (χ2v) is 8.21. The van der Waals surface area contributed by atoms with Gasteiger partial charge in [-0.05, 0) is 50.8 Å². The first-order valence-electron chi connectivity index (χ1n) is 11.8. The van der Waals surface area contributed by atoms with Crippen molar-refractivity contribution in [3.8, 4) is 11.8 Å². The fourth-order valence-corrected chi connectivity index (χ4v) is 4.11. The first-order chi connectivity index (χ1) is 16.0. The topological polar surface area (TPSA) is 101 Å². The highest BCUT2D eigenvalue weighted by atomic mass is 16.5. The van der Waals surface area contributed by atoms with Gasteiger partial charge in [0.2, 0.25) is 0 Å². The number of fused-ring (bicyclic) bond motifs is 1. The molecule has 0 radical (unpaired) electrons. The van der Waals surface area contributed by atoms with Crippen LogP contribution in [-0.4, -0.2) is 42.6 Å². The third kappa shape index (κ3) is 7.10. The highest BCUT2D eigenvalue weighted by Crippen LogP contribution is 2.45. The van der Waals surface area contributed by atoms with E-state index in [-0.39, 0.29) is 13.2 Å². The van der Waals surface area contributed by atoms with Gasteiger partial charge in [-0.25, -0.2) is 4.79 Å². The molecule has 7 heteroatoms. The molecular formula is C26H36N2O5. The summed E-state index contributed by atoms with van der Waals surface area (Å²) in [7, 11) is 0. The average Bonchev–Trinajstić information content (AvgIpc) is 2.83. The van der Waals surface area contributed by atoms with E-state index in [1.54, 1.807) is 24.3 Å². The molecule has 0 spiro atoms. The largest absolute Gasteiger partial charge is 0.494 e. The van der Waals surface area contributed by atoms with Gasteiger partial charge in [-0.2, -0.15) is 5.26 Å². The average molecular weight is 457 g/mol. The van der Waals surface area contributed by atoms with Crippen LogP contribution in [0.15, 0.2) is 36.2 Å². The Kier molecular flexibility index (Phi) is 11.0. The SMILES string of the molecule is CCCCC1(CCCC)Oc2ccc(C#N)cc2[C@H](N/C=C(\COCC=C=O)OCC)[C@H]1O. The van der Waals surface area contributed by atoms with Crippen LogP contribution in [0.5, 0.6) is 5.75 Å². The summed E-state index contributed by atoms with van der Waals surface area (Å²) in [5, 5.41) is 24.3. The molecule has 33 heavy (non-hydrogen) atoms. The number of rotatable bonds is 14. The van der Waals surface area contributed by atoms with Gasteiger partial charge in [-0.3, -0.25) is 0 Å². The standard InChI is InChI=1S/C26H36N2O5/c1-4-7-12-26(13-8-5-2)25(30)24(22-16-20(17-27)10-11-23(22)33-26)28-18-21(32-6-3)19-31-15-9-14-29/h9-11,16,18,24-25,28,30H,4-8,12-13,15,19H2,1-3H3/b21-18+/t24-,25+/m0/s1. The number of aliphatic hydroxyl groups is 1. The van der Waals surface area contributed by atoms with Gasteiger partial charge in [0.05, 0.1) is 30.9 Å². The molecule has 0 aliphatic carbocycles. The van der Waals surface area contributed by atoms with E-state index in [9.17, 15) is 15.2 Å². The van der Waals surface area contributed by atoms with Gasteiger partial charge >= 0.3 is 0 Å². The van der Waals surface area contributed by atoms with Gasteiger partial charge in [0.15, 0.2) is 0 Å². The van der Waals surface area contributed by atoms with Crippen LogP contribution in [0.3, 0.4) is 0 Å². The number of benzene rings is 1. The van der Waals surface area contributed by atoms with Gasteiger partial charge in [0.1, 0.15) is 35.8 Å². The summed E-state index contributed by atoms with van der Waals surface area (Å²) in [5.74, 6) is 2.90. The van der Waals surface area contributed by atoms with Crippen LogP contribution in [-0.2, 0) is 14.3 Å². The highest BCUT2D eigenvalue weighted by Gasteiger charge is 2.48. The number of nitrogens with one attached hydrogen (secondary N) is 1. The molecule has 0 saturated carbocycles. The number of hydrogen-bond acceptors (Lipinski definition) is 7. The van der Waals surface area contributed by atoms with Crippen LogP contribution < -0.4 is 10.1 Å². The van der Waals surface area contributed by atoms with Crippen LogP contribution >= 0.6 is 0 Å². The van der Waals surface area contributed by atoms with Crippen LogP contribution in [0.2, 0.25) is 0 Å². The van der Waals surface area contributed by atoms with Crippen molar-refractivity contribution in [3.63, 3.8) is 0 Å². The van der Waals surface area contributed by atoms with Crippen molar-refractivity contribution in [3.05, 3.63) is 47.4 Å². The minimum atomic E-state index is -0.824. The molecule has 1 aliphatic heterocycles. The number of hydrogen-bond donors (Lipinski definition) is 2. The molecule has 1 aromatic carbocycles. The molecule has 2 atom stereocenters. The zero-order valence-corrected chi connectivity index (χ0v) is 19.9. The quantitative estimate of drug-likeness (QED) is 0.244. The van der Waals surface area contributed by atoms with E-state index in [1.807, 2.05) is 13.0 Å². The van der Waals surface area contributed by atoms with Crippen molar-refractivity contribution in [2.45, 2.75) is 77.0 Å². The minimum absolute atomic E-state index is 0.138. The number of aliphatic hydroxyl groups excluding tert-OH is 1. The molecule has 2 N–H and O–H groups in total. The molecule has 0 saturated heterocycles. The Hall–Kier alpha value is -2.78. The molecule has 0 amide bonds. The molecule has 0 bridgehead atoms. The summed E-state index contributed by atoms with van der Waals surface area (Å²) < 4.78 is 17.6. The zero-order chi connectivity index (χ0) is 24.1. The maximum absolute atomic E-state index is 11.6. The first kappa shape index (κ1) is 26.5. The number of unbranched alkanes of at least 4 members (excludes halogenated alkanes) is 2. The van der Waals surface area contributed by atoms with Crippen LogP contribution in [0, 0.1) is 11.3 Å². The molecule has 0 fully saturated rings. The summed E-state index contributed by atoms with van der Waals surface area (Å²) >= 11 is 0. The first-order valence-corrected chi connectivity index (χ1v) is 11.8. The lowest BCUT2D eigenvalue weighted by Gasteiger charge is -2.47. The maximum atomic E-state index is 11.6. The lowest BCUT2D eigenvalue weighted by atomic mass is 9.77.